The van der Waals surface area contributed by atoms with Crippen molar-refractivity contribution in [1.29, 1.82) is 0 Å². The molecule has 0 spiro atoms. The summed E-state index contributed by atoms with van der Waals surface area (Å²) in [5, 5.41) is 12.5. The van der Waals surface area contributed by atoms with Gasteiger partial charge in [-0.3, -0.25) is 0 Å². The van der Waals surface area contributed by atoms with Gasteiger partial charge in [0.2, 0.25) is 0 Å². The lowest BCUT2D eigenvalue weighted by atomic mass is 10.1. The van der Waals surface area contributed by atoms with Crippen LogP contribution in [0.2, 0.25) is 0 Å². The Morgan fingerprint density at radius 3 is 2.67 bits per heavy atom. The normalized spacial score (nSPS) is 18.4. The molecule has 0 heterocycles. The largest absolute Gasteiger partial charge is 0.395 e. The van der Waals surface area contributed by atoms with Gasteiger partial charge in [0.15, 0.2) is 0 Å². The molecule has 3 nitrogen and oxygen atoms in total. The number of rotatable bonds is 9. The number of aliphatic hydroxyl groups is 1. The van der Waals surface area contributed by atoms with E-state index >= 15 is 0 Å². The van der Waals surface area contributed by atoms with Crippen LogP contribution in [-0.2, 0) is 0 Å². The summed E-state index contributed by atoms with van der Waals surface area (Å²) < 4.78 is 0. The molecule has 1 aliphatic rings. The number of hydrogen-bond acceptors (Lipinski definition) is 3. The number of hydrogen-bond donors (Lipinski definition) is 2. The van der Waals surface area contributed by atoms with Crippen molar-refractivity contribution in [2.24, 2.45) is 5.92 Å². The quantitative estimate of drug-likeness (QED) is 0.603. The van der Waals surface area contributed by atoms with Crippen molar-refractivity contribution in [3.05, 3.63) is 0 Å². The molecule has 0 amide bonds. The molecule has 1 unspecified atom stereocenters. The number of aliphatic hydroxyl groups excluding tert-OH is 1. The molecule has 90 valence electrons. The summed E-state index contributed by atoms with van der Waals surface area (Å²) in [7, 11) is 0. The Hall–Kier alpha value is -0.120. The molecule has 2 N–H and O–H groups in total. The van der Waals surface area contributed by atoms with Crippen molar-refractivity contribution in [2.45, 2.75) is 39.2 Å². The fraction of sp³-hybridized carbons (Fsp3) is 1.00. The first-order chi connectivity index (χ1) is 7.26. The van der Waals surface area contributed by atoms with Gasteiger partial charge in [0.1, 0.15) is 0 Å². The van der Waals surface area contributed by atoms with Crippen LogP contribution in [0.25, 0.3) is 0 Å². The highest BCUT2D eigenvalue weighted by atomic mass is 16.3. The first kappa shape index (κ1) is 12.9. The molecule has 3 heteroatoms. The lowest BCUT2D eigenvalue weighted by Crippen LogP contribution is -2.36. The van der Waals surface area contributed by atoms with Crippen molar-refractivity contribution in [3.63, 3.8) is 0 Å². The first-order valence-corrected chi connectivity index (χ1v) is 6.32. The molecule has 0 aliphatic heterocycles. The molecule has 1 aliphatic carbocycles. The van der Waals surface area contributed by atoms with E-state index in [9.17, 15) is 0 Å². The third-order valence-corrected chi connectivity index (χ3v) is 2.86. The van der Waals surface area contributed by atoms with Gasteiger partial charge < -0.3 is 15.3 Å². The minimum atomic E-state index is 0.281. The van der Waals surface area contributed by atoms with E-state index in [4.69, 9.17) is 5.11 Å². The van der Waals surface area contributed by atoms with Gasteiger partial charge in [-0.1, -0.05) is 13.8 Å². The van der Waals surface area contributed by atoms with Gasteiger partial charge in [0, 0.05) is 19.1 Å². The van der Waals surface area contributed by atoms with Gasteiger partial charge in [-0.05, 0) is 38.3 Å². The van der Waals surface area contributed by atoms with Crippen molar-refractivity contribution in [1.82, 2.24) is 10.2 Å². The highest BCUT2D eigenvalue weighted by molar-refractivity contribution is 4.81. The summed E-state index contributed by atoms with van der Waals surface area (Å²) in [6.45, 7) is 8.91. The van der Waals surface area contributed by atoms with E-state index in [1.807, 2.05) is 0 Å². The van der Waals surface area contributed by atoms with E-state index in [0.29, 0.717) is 5.92 Å². The molecule has 0 aromatic heterocycles. The fourth-order valence-electron chi connectivity index (χ4n) is 1.91. The SMILES string of the molecule is CCCN(CCO)CC(C)CNC1CC1. The highest BCUT2D eigenvalue weighted by Crippen LogP contribution is 2.18. The van der Waals surface area contributed by atoms with Crippen LogP contribution in [0.4, 0.5) is 0 Å². The van der Waals surface area contributed by atoms with E-state index in [1.54, 1.807) is 0 Å². The van der Waals surface area contributed by atoms with E-state index in [0.717, 1.165) is 32.2 Å². The Morgan fingerprint density at radius 1 is 1.40 bits per heavy atom. The molecular formula is C12H26N2O. The summed E-state index contributed by atoms with van der Waals surface area (Å²) in [6, 6.07) is 0.810. The molecule has 1 saturated carbocycles. The van der Waals surface area contributed by atoms with Crippen LogP contribution in [0.5, 0.6) is 0 Å². The van der Waals surface area contributed by atoms with E-state index in [1.165, 1.54) is 19.3 Å². The van der Waals surface area contributed by atoms with Crippen LogP contribution in [0.1, 0.15) is 33.1 Å². The molecule has 15 heavy (non-hydrogen) atoms. The topological polar surface area (TPSA) is 35.5 Å². The lowest BCUT2D eigenvalue weighted by molar-refractivity contribution is 0.177. The molecule has 0 aromatic carbocycles. The molecule has 0 aromatic rings. The Kier molecular flexibility index (Phi) is 6.22. The second-order valence-electron chi connectivity index (χ2n) is 4.81. The zero-order valence-electron chi connectivity index (χ0n) is 10.2. The molecule has 0 radical (unpaired) electrons. The number of nitrogens with zero attached hydrogens (tertiary/aromatic N) is 1. The van der Waals surface area contributed by atoms with Crippen molar-refractivity contribution < 1.29 is 5.11 Å². The lowest BCUT2D eigenvalue weighted by Gasteiger charge is -2.24. The fourth-order valence-corrected chi connectivity index (χ4v) is 1.91. The third-order valence-electron chi connectivity index (χ3n) is 2.86. The molecule has 1 atom stereocenters. The van der Waals surface area contributed by atoms with Crippen molar-refractivity contribution >= 4 is 0 Å². The predicted molar refractivity (Wildman–Crippen MR) is 64.0 cm³/mol. The number of nitrogens with one attached hydrogen (secondary N) is 1. The maximum atomic E-state index is 8.95. The van der Waals surface area contributed by atoms with Crippen LogP contribution >= 0.6 is 0 Å². The molecule has 1 rings (SSSR count). The summed E-state index contributed by atoms with van der Waals surface area (Å²) in [4.78, 5) is 2.36. The first-order valence-electron chi connectivity index (χ1n) is 6.32. The summed E-state index contributed by atoms with van der Waals surface area (Å²) >= 11 is 0. The van der Waals surface area contributed by atoms with Crippen LogP contribution in [0.3, 0.4) is 0 Å². The maximum Gasteiger partial charge on any atom is 0.0558 e. The second kappa shape index (κ2) is 7.20. The van der Waals surface area contributed by atoms with E-state index in [2.05, 4.69) is 24.1 Å². The van der Waals surface area contributed by atoms with Gasteiger partial charge in [0.25, 0.3) is 0 Å². The van der Waals surface area contributed by atoms with Crippen LogP contribution in [-0.4, -0.2) is 48.8 Å². The van der Waals surface area contributed by atoms with E-state index in [-0.39, 0.29) is 6.61 Å². The van der Waals surface area contributed by atoms with Gasteiger partial charge in [0.05, 0.1) is 6.61 Å². The minimum absolute atomic E-state index is 0.281. The summed E-state index contributed by atoms with van der Waals surface area (Å²) in [5.74, 6) is 0.684. The van der Waals surface area contributed by atoms with Crippen molar-refractivity contribution in [2.75, 3.05) is 32.8 Å². The van der Waals surface area contributed by atoms with Gasteiger partial charge in [-0.2, -0.15) is 0 Å². The Balaban J connectivity index is 2.09. The summed E-state index contributed by atoms with van der Waals surface area (Å²) in [6.07, 6.45) is 3.90. The minimum Gasteiger partial charge on any atom is -0.395 e. The zero-order chi connectivity index (χ0) is 11.1. The maximum absolute atomic E-state index is 8.95. The van der Waals surface area contributed by atoms with E-state index < -0.39 is 0 Å². The predicted octanol–water partition coefficient (Wildman–Crippen LogP) is 1.08. The highest BCUT2D eigenvalue weighted by Gasteiger charge is 2.21. The van der Waals surface area contributed by atoms with Crippen molar-refractivity contribution in [3.8, 4) is 0 Å². The third kappa shape index (κ3) is 6.13. The van der Waals surface area contributed by atoms with Crippen LogP contribution < -0.4 is 5.32 Å². The monoisotopic (exact) mass is 214 g/mol. The van der Waals surface area contributed by atoms with Gasteiger partial charge in [-0.15, -0.1) is 0 Å². The second-order valence-corrected chi connectivity index (χ2v) is 4.81. The zero-order valence-corrected chi connectivity index (χ0v) is 10.2. The smallest absolute Gasteiger partial charge is 0.0558 e. The van der Waals surface area contributed by atoms with Gasteiger partial charge >= 0.3 is 0 Å². The standard InChI is InChI=1S/C12H26N2O/c1-3-6-14(7-8-15)10-11(2)9-13-12-4-5-12/h11-13,15H,3-10H2,1-2H3. The molecule has 1 fully saturated rings. The Bertz CT molecular complexity index is 154. The molecular weight excluding hydrogens is 188 g/mol. The molecule has 0 saturated heterocycles. The Morgan fingerprint density at radius 2 is 2.13 bits per heavy atom. The van der Waals surface area contributed by atoms with Gasteiger partial charge in [-0.25, -0.2) is 0 Å². The summed E-state index contributed by atoms with van der Waals surface area (Å²) in [5.41, 5.74) is 0. The van der Waals surface area contributed by atoms with Crippen LogP contribution in [0, 0.1) is 5.92 Å². The Labute approximate surface area is 93.9 Å². The average Bonchev–Trinajstić information content (AvgIpc) is 2.99. The molecule has 0 bridgehead atoms. The average molecular weight is 214 g/mol. The van der Waals surface area contributed by atoms with Crippen LogP contribution in [0.15, 0.2) is 0 Å².